The largest absolute Gasteiger partial charge is 0.486 e. The average molecular weight is 426 g/mol. The number of hydrogen-bond acceptors (Lipinski definition) is 7. The highest BCUT2D eigenvalue weighted by Gasteiger charge is 2.31. The van der Waals surface area contributed by atoms with E-state index < -0.39 is 0 Å². The quantitative estimate of drug-likeness (QED) is 0.579. The molecule has 1 aromatic carbocycles. The van der Waals surface area contributed by atoms with Gasteiger partial charge in [0, 0.05) is 13.6 Å². The van der Waals surface area contributed by atoms with Crippen molar-refractivity contribution in [2.75, 3.05) is 25.5 Å². The van der Waals surface area contributed by atoms with Crippen molar-refractivity contribution < 1.29 is 18.7 Å². The van der Waals surface area contributed by atoms with Crippen LogP contribution in [0.25, 0.3) is 11.6 Å². The predicted molar refractivity (Wildman–Crippen MR) is 111 cm³/mol. The molecule has 8 nitrogen and oxygen atoms in total. The number of likely N-dealkylation sites (tertiary alicyclic amines) is 1. The molecule has 0 unspecified atom stereocenters. The Kier molecular flexibility index (Phi) is 5.12. The molecule has 0 bridgehead atoms. The van der Waals surface area contributed by atoms with Gasteiger partial charge >= 0.3 is 0 Å². The Morgan fingerprint density at radius 1 is 1.20 bits per heavy atom. The van der Waals surface area contributed by atoms with Crippen LogP contribution in [0.3, 0.4) is 0 Å². The second-order valence-corrected chi connectivity index (χ2v) is 8.22. The summed E-state index contributed by atoms with van der Waals surface area (Å²) in [5.74, 6) is 3.24. The van der Waals surface area contributed by atoms with Gasteiger partial charge in [-0.2, -0.15) is 0 Å². The molecule has 3 aromatic rings. The predicted octanol–water partition coefficient (Wildman–Crippen LogP) is 3.30. The van der Waals surface area contributed by atoms with E-state index >= 15 is 0 Å². The molecule has 5 rings (SSSR count). The lowest BCUT2D eigenvalue weighted by atomic mass is 10.0. The monoisotopic (exact) mass is 426 g/mol. The first-order valence-corrected chi connectivity index (χ1v) is 10.9. The molecular formula is C21H22N4O4S. The average Bonchev–Trinajstić information content (AvgIpc) is 3.53. The fourth-order valence-corrected chi connectivity index (χ4v) is 4.75. The highest BCUT2D eigenvalue weighted by atomic mass is 32.2. The minimum Gasteiger partial charge on any atom is -0.486 e. The van der Waals surface area contributed by atoms with Crippen molar-refractivity contribution in [1.29, 1.82) is 0 Å². The van der Waals surface area contributed by atoms with Crippen molar-refractivity contribution in [2.45, 2.75) is 24.0 Å². The van der Waals surface area contributed by atoms with Gasteiger partial charge in [0.2, 0.25) is 5.91 Å². The summed E-state index contributed by atoms with van der Waals surface area (Å²) in [4.78, 5) is 15.0. The Bertz CT molecular complexity index is 1050. The van der Waals surface area contributed by atoms with Gasteiger partial charge in [0.05, 0.1) is 18.1 Å². The summed E-state index contributed by atoms with van der Waals surface area (Å²) in [6, 6.07) is 9.70. The number of ether oxygens (including phenoxy) is 2. The molecule has 0 N–H and O–H groups in total. The highest BCUT2D eigenvalue weighted by Crippen LogP contribution is 2.38. The molecule has 4 heterocycles. The zero-order valence-electron chi connectivity index (χ0n) is 16.6. The van der Waals surface area contributed by atoms with Gasteiger partial charge in [0.1, 0.15) is 13.2 Å². The van der Waals surface area contributed by atoms with E-state index in [9.17, 15) is 4.79 Å². The molecule has 0 saturated carbocycles. The van der Waals surface area contributed by atoms with Crippen LogP contribution in [0.15, 0.2) is 46.2 Å². The molecule has 0 radical (unpaired) electrons. The van der Waals surface area contributed by atoms with Crippen LogP contribution in [0.4, 0.5) is 0 Å². The third-order valence-corrected chi connectivity index (χ3v) is 6.43. The van der Waals surface area contributed by atoms with E-state index in [2.05, 4.69) is 10.2 Å². The molecule has 1 amide bonds. The third kappa shape index (κ3) is 3.54. The standard InChI is InChI=1S/C21H22N4O4S/c1-24-20(17-5-3-9-27-17)22-23-21(24)30-13-19(26)25-8-2-4-15(25)14-6-7-16-18(12-14)29-11-10-28-16/h3,5-7,9,12,15H,2,4,8,10-11,13H2,1H3/t15-/m0/s1. The van der Waals surface area contributed by atoms with Crippen LogP contribution < -0.4 is 9.47 Å². The second kappa shape index (κ2) is 8.06. The van der Waals surface area contributed by atoms with E-state index in [4.69, 9.17) is 13.9 Å². The maximum atomic E-state index is 13.0. The van der Waals surface area contributed by atoms with Gasteiger partial charge in [-0.25, -0.2) is 0 Å². The van der Waals surface area contributed by atoms with Crippen LogP contribution >= 0.6 is 11.8 Å². The Morgan fingerprint density at radius 2 is 2.07 bits per heavy atom. The zero-order chi connectivity index (χ0) is 20.5. The van der Waals surface area contributed by atoms with Crippen LogP contribution in [0.1, 0.15) is 24.4 Å². The molecule has 2 aromatic heterocycles. The molecular weight excluding hydrogens is 404 g/mol. The van der Waals surface area contributed by atoms with Gasteiger partial charge in [-0.15, -0.1) is 10.2 Å². The molecule has 0 aliphatic carbocycles. The minimum absolute atomic E-state index is 0.0621. The first-order valence-electron chi connectivity index (χ1n) is 9.96. The first kappa shape index (κ1) is 19.0. The molecule has 9 heteroatoms. The molecule has 0 spiro atoms. The molecule has 30 heavy (non-hydrogen) atoms. The van der Waals surface area contributed by atoms with E-state index in [0.717, 1.165) is 36.4 Å². The van der Waals surface area contributed by atoms with Crippen molar-refractivity contribution in [3.8, 4) is 23.1 Å². The summed E-state index contributed by atoms with van der Waals surface area (Å²) in [5, 5.41) is 9.08. The van der Waals surface area contributed by atoms with Gasteiger partial charge in [0.15, 0.2) is 28.2 Å². The third-order valence-electron chi connectivity index (χ3n) is 5.43. The minimum atomic E-state index is 0.0621. The van der Waals surface area contributed by atoms with Gasteiger partial charge in [0.25, 0.3) is 0 Å². The van der Waals surface area contributed by atoms with Crippen molar-refractivity contribution >= 4 is 17.7 Å². The smallest absolute Gasteiger partial charge is 0.233 e. The van der Waals surface area contributed by atoms with Gasteiger partial charge in [-0.05, 0) is 42.7 Å². The number of thioether (sulfide) groups is 1. The van der Waals surface area contributed by atoms with Crippen molar-refractivity contribution in [1.82, 2.24) is 19.7 Å². The summed E-state index contributed by atoms with van der Waals surface area (Å²) in [5.41, 5.74) is 1.09. The Labute approximate surface area is 178 Å². The summed E-state index contributed by atoms with van der Waals surface area (Å²) in [6.07, 6.45) is 3.54. The zero-order valence-corrected chi connectivity index (χ0v) is 17.4. The number of carbonyl (C=O) groups is 1. The van der Waals surface area contributed by atoms with Crippen LogP contribution in [-0.4, -0.2) is 51.1 Å². The number of nitrogens with zero attached hydrogens (tertiary/aromatic N) is 4. The number of benzene rings is 1. The molecule has 2 aliphatic rings. The molecule has 156 valence electrons. The van der Waals surface area contributed by atoms with Gasteiger partial charge in [-0.3, -0.25) is 4.79 Å². The number of amides is 1. The van der Waals surface area contributed by atoms with E-state index in [1.54, 1.807) is 6.26 Å². The lowest BCUT2D eigenvalue weighted by Gasteiger charge is -2.26. The number of carbonyl (C=O) groups excluding carboxylic acids is 1. The topological polar surface area (TPSA) is 82.6 Å². The van der Waals surface area contributed by atoms with E-state index in [1.807, 2.05) is 46.8 Å². The lowest BCUT2D eigenvalue weighted by Crippen LogP contribution is -2.32. The Hall–Kier alpha value is -2.94. The second-order valence-electron chi connectivity index (χ2n) is 7.28. The van der Waals surface area contributed by atoms with Gasteiger partial charge < -0.3 is 23.4 Å². The number of fused-ring (bicyclic) bond motifs is 1. The van der Waals surface area contributed by atoms with Crippen molar-refractivity contribution in [2.24, 2.45) is 7.05 Å². The van der Waals surface area contributed by atoms with Gasteiger partial charge in [-0.1, -0.05) is 17.8 Å². The molecule has 1 atom stereocenters. The van der Waals surface area contributed by atoms with Crippen LogP contribution in [0.2, 0.25) is 0 Å². The van der Waals surface area contributed by atoms with Crippen LogP contribution in [-0.2, 0) is 11.8 Å². The number of furan rings is 1. The fraction of sp³-hybridized carbons (Fsp3) is 0.381. The highest BCUT2D eigenvalue weighted by molar-refractivity contribution is 7.99. The lowest BCUT2D eigenvalue weighted by molar-refractivity contribution is -0.129. The summed E-state index contributed by atoms with van der Waals surface area (Å²) >= 11 is 1.39. The van der Waals surface area contributed by atoms with Crippen molar-refractivity contribution in [3.05, 3.63) is 42.2 Å². The maximum absolute atomic E-state index is 13.0. The van der Waals surface area contributed by atoms with Crippen molar-refractivity contribution in [3.63, 3.8) is 0 Å². The fourth-order valence-electron chi connectivity index (χ4n) is 3.95. The van der Waals surface area contributed by atoms with Crippen LogP contribution in [0.5, 0.6) is 11.5 Å². The van der Waals surface area contributed by atoms with Crippen LogP contribution in [0, 0.1) is 0 Å². The van der Waals surface area contributed by atoms with E-state index in [-0.39, 0.29) is 11.9 Å². The Balaban J connectivity index is 1.27. The molecule has 1 fully saturated rings. The van der Waals surface area contributed by atoms with E-state index in [1.165, 1.54) is 11.8 Å². The maximum Gasteiger partial charge on any atom is 0.233 e. The first-order chi connectivity index (χ1) is 14.7. The number of hydrogen-bond donors (Lipinski definition) is 0. The molecule has 2 aliphatic heterocycles. The summed E-state index contributed by atoms with van der Waals surface area (Å²) < 4.78 is 18.6. The normalized spacial score (nSPS) is 18.0. The number of aromatic nitrogens is 3. The summed E-state index contributed by atoms with van der Waals surface area (Å²) in [6.45, 7) is 1.88. The van der Waals surface area contributed by atoms with E-state index in [0.29, 0.717) is 35.7 Å². The molecule has 1 saturated heterocycles. The SMILES string of the molecule is Cn1c(SCC(=O)N2CCC[C@H]2c2ccc3c(c2)OCCO3)nnc1-c1ccco1. The summed E-state index contributed by atoms with van der Waals surface area (Å²) in [7, 11) is 1.87. The Morgan fingerprint density at radius 3 is 2.90 bits per heavy atom. The number of rotatable bonds is 5.